The first-order valence-electron chi connectivity index (χ1n) is 25.1. The van der Waals surface area contributed by atoms with E-state index in [0.29, 0.717) is 0 Å². The molecule has 12 aromatic rings. The zero-order valence-electron chi connectivity index (χ0n) is 39.2. The normalized spacial score (nSPS) is 14.2. The van der Waals surface area contributed by atoms with Crippen LogP contribution in [0.1, 0.15) is 44.5 Å². The van der Waals surface area contributed by atoms with E-state index in [4.69, 9.17) is 4.74 Å². The van der Waals surface area contributed by atoms with E-state index in [1.807, 2.05) is 0 Å². The SMILES string of the molecule is c1ccc(N(c2cccc(-c3cccc4c3-c3ccccc3C43c4ccc5ccccc5c4Oc4c3ccc3ccccc43)c2)c2ccc3c(c2)-c2ccccc2C32c3ccccc3-c3ccccc32)cc1. The Hall–Kier alpha value is -9.24. The predicted octanol–water partition coefficient (Wildman–Crippen LogP) is 17.9. The van der Waals surface area contributed by atoms with E-state index in [0.717, 1.165) is 55.7 Å². The van der Waals surface area contributed by atoms with E-state index in [9.17, 15) is 0 Å². The fourth-order valence-electron chi connectivity index (χ4n) is 13.8. The zero-order chi connectivity index (χ0) is 47.1. The lowest BCUT2D eigenvalue weighted by atomic mass is 9.65. The van der Waals surface area contributed by atoms with Crippen LogP contribution in [0.2, 0.25) is 0 Å². The highest BCUT2D eigenvalue weighted by Crippen LogP contribution is 2.66. The van der Waals surface area contributed by atoms with Crippen LogP contribution >= 0.6 is 0 Å². The summed E-state index contributed by atoms with van der Waals surface area (Å²) in [5, 5.41) is 4.56. The van der Waals surface area contributed by atoms with Gasteiger partial charge in [-0.15, -0.1) is 0 Å². The lowest BCUT2D eigenvalue weighted by Crippen LogP contribution is -2.32. The van der Waals surface area contributed by atoms with Gasteiger partial charge in [0.05, 0.1) is 10.8 Å². The number of hydrogen-bond donors (Lipinski definition) is 0. The van der Waals surface area contributed by atoms with Gasteiger partial charge < -0.3 is 9.64 Å². The molecule has 334 valence electrons. The summed E-state index contributed by atoms with van der Waals surface area (Å²) in [6.45, 7) is 0. The molecule has 0 saturated carbocycles. The summed E-state index contributed by atoms with van der Waals surface area (Å²) in [5.41, 5.74) is 22.6. The standard InChI is InChI=1S/C70H43NO/c1-2-21-47(22-3-1)71(49-38-41-62-57(43-49)55-28-10-14-33-60(55)69(62)58-31-12-8-26-53(58)54-27-9-13-32-59(54)69)48-23-16-20-46(42-48)50-30-17-35-63-66(50)56-29-11-15-34-61(56)70(63)64-39-36-44-18-4-6-24-51(44)67(64)72-68-52-25-7-5-19-45(52)37-40-65(68)70/h1-43H. The molecule has 0 N–H and O–H groups in total. The van der Waals surface area contributed by atoms with Crippen LogP contribution in [0, 0.1) is 0 Å². The first-order chi connectivity index (χ1) is 35.7. The van der Waals surface area contributed by atoms with E-state index >= 15 is 0 Å². The number of para-hydroxylation sites is 1. The molecular weight excluding hydrogens is 871 g/mol. The summed E-state index contributed by atoms with van der Waals surface area (Å²) >= 11 is 0. The van der Waals surface area contributed by atoms with Crippen LogP contribution in [-0.2, 0) is 10.8 Å². The number of nitrogens with zero attached hydrogens (tertiary/aromatic N) is 1. The smallest absolute Gasteiger partial charge is 0.140 e. The van der Waals surface area contributed by atoms with Crippen molar-refractivity contribution >= 4 is 38.6 Å². The van der Waals surface area contributed by atoms with Gasteiger partial charge in [-0.2, -0.15) is 0 Å². The van der Waals surface area contributed by atoms with Crippen molar-refractivity contribution in [1.29, 1.82) is 0 Å². The van der Waals surface area contributed by atoms with Gasteiger partial charge in [0.25, 0.3) is 0 Å². The Kier molecular flexibility index (Phi) is 8.05. The number of anilines is 3. The fourth-order valence-corrected chi connectivity index (χ4v) is 13.8. The summed E-state index contributed by atoms with van der Waals surface area (Å²) < 4.78 is 7.26. The minimum Gasteiger partial charge on any atom is -0.455 e. The van der Waals surface area contributed by atoms with Crippen LogP contribution in [0.3, 0.4) is 0 Å². The molecule has 2 nitrogen and oxygen atoms in total. The summed E-state index contributed by atoms with van der Waals surface area (Å²) in [6, 6.07) is 97.0. The van der Waals surface area contributed by atoms with Crippen LogP contribution in [-0.4, -0.2) is 0 Å². The predicted molar refractivity (Wildman–Crippen MR) is 295 cm³/mol. The van der Waals surface area contributed by atoms with Gasteiger partial charge in [0, 0.05) is 39.0 Å². The molecule has 0 bridgehead atoms. The van der Waals surface area contributed by atoms with Gasteiger partial charge in [-0.3, -0.25) is 0 Å². The van der Waals surface area contributed by atoms with Crippen molar-refractivity contribution in [1.82, 2.24) is 0 Å². The second-order valence-electron chi connectivity index (χ2n) is 19.8. The van der Waals surface area contributed by atoms with Gasteiger partial charge in [-0.05, 0) is 125 Å². The third-order valence-electron chi connectivity index (χ3n) is 16.5. The highest BCUT2D eigenvalue weighted by molar-refractivity contribution is 6.03. The topological polar surface area (TPSA) is 12.5 Å². The van der Waals surface area contributed by atoms with E-state index in [2.05, 4.69) is 266 Å². The van der Waals surface area contributed by atoms with Gasteiger partial charge in [0.15, 0.2) is 0 Å². The van der Waals surface area contributed by atoms with Crippen LogP contribution in [0.15, 0.2) is 261 Å². The first-order valence-corrected chi connectivity index (χ1v) is 25.1. The van der Waals surface area contributed by atoms with Crippen molar-refractivity contribution in [3.8, 4) is 56.0 Å². The molecule has 2 heteroatoms. The molecule has 12 aromatic carbocycles. The molecule has 0 amide bonds. The molecular formula is C70H43NO. The minimum absolute atomic E-state index is 0.401. The van der Waals surface area contributed by atoms with E-state index in [-0.39, 0.29) is 0 Å². The first kappa shape index (κ1) is 39.6. The monoisotopic (exact) mass is 913 g/mol. The molecule has 0 atom stereocenters. The van der Waals surface area contributed by atoms with Crippen LogP contribution < -0.4 is 9.64 Å². The quantitative estimate of drug-likeness (QED) is 0.174. The largest absolute Gasteiger partial charge is 0.455 e. The Balaban J connectivity index is 0.905. The maximum atomic E-state index is 7.26. The Bertz CT molecular complexity index is 4150. The Morgan fingerprint density at radius 3 is 1.33 bits per heavy atom. The Morgan fingerprint density at radius 1 is 0.264 bits per heavy atom. The highest BCUT2D eigenvalue weighted by atomic mass is 16.5. The van der Waals surface area contributed by atoms with Gasteiger partial charge in [-0.1, -0.05) is 224 Å². The minimum atomic E-state index is -0.634. The molecule has 16 rings (SSSR count). The lowest BCUT2D eigenvalue weighted by Gasteiger charge is -2.40. The summed E-state index contributed by atoms with van der Waals surface area (Å²) in [7, 11) is 0. The molecule has 0 saturated heterocycles. The van der Waals surface area contributed by atoms with Gasteiger partial charge >= 0.3 is 0 Å². The van der Waals surface area contributed by atoms with Crippen molar-refractivity contribution in [2.75, 3.05) is 4.90 Å². The third-order valence-corrected chi connectivity index (χ3v) is 16.5. The summed E-state index contributed by atoms with van der Waals surface area (Å²) in [5.74, 6) is 1.85. The molecule has 2 spiro atoms. The van der Waals surface area contributed by atoms with E-state index < -0.39 is 10.8 Å². The number of benzene rings is 12. The van der Waals surface area contributed by atoms with Crippen molar-refractivity contribution in [3.63, 3.8) is 0 Å². The van der Waals surface area contributed by atoms with Crippen LogP contribution in [0.4, 0.5) is 17.1 Å². The molecule has 0 radical (unpaired) electrons. The second-order valence-corrected chi connectivity index (χ2v) is 19.8. The average Bonchev–Trinajstić information content (AvgIpc) is 4.04. The lowest BCUT2D eigenvalue weighted by molar-refractivity contribution is 0.447. The van der Waals surface area contributed by atoms with Gasteiger partial charge in [0.1, 0.15) is 11.5 Å². The number of ether oxygens (including phenoxy) is 1. The molecule has 0 fully saturated rings. The Morgan fingerprint density at radius 2 is 0.694 bits per heavy atom. The number of hydrogen-bond acceptors (Lipinski definition) is 2. The maximum absolute atomic E-state index is 7.26. The highest BCUT2D eigenvalue weighted by Gasteiger charge is 2.53. The van der Waals surface area contributed by atoms with E-state index in [1.54, 1.807) is 0 Å². The summed E-state index contributed by atoms with van der Waals surface area (Å²) in [4.78, 5) is 2.44. The molecule has 1 heterocycles. The molecule has 4 aliphatic rings. The second kappa shape index (κ2) is 14.6. The fraction of sp³-hybridized carbons (Fsp3) is 0.0286. The molecule has 3 aliphatic carbocycles. The molecule has 72 heavy (non-hydrogen) atoms. The van der Waals surface area contributed by atoms with Crippen molar-refractivity contribution in [2.24, 2.45) is 0 Å². The van der Waals surface area contributed by atoms with Gasteiger partial charge in [0.2, 0.25) is 0 Å². The maximum Gasteiger partial charge on any atom is 0.140 e. The van der Waals surface area contributed by atoms with Crippen molar-refractivity contribution < 1.29 is 4.74 Å². The molecule has 0 aromatic heterocycles. The van der Waals surface area contributed by atoms with Gasteiger partial charge in [-0.25, -0.2) is 0 Å². The molecule has 1 aliphatic heterocycles. The van der Waals surface area contributed by atoms with Crippen LogP contribution in [0.5, 0.6) is 11.5 Å². The number of rotatable bonds is 4. The van der Waals surface area contributed by atoms with Crippen LogP contribution in [0.25, 0.3) is 66.1 Å². The average molecular weight is 914 g/mol. The number of fused-ring (bicyclic) bond motifs is 23. The summed E-state index contributed by atoms with van der Waals surface area (Å²) in [6.07, 6.45) is 0. The third kappa shape index (κ3) is 5.03. The van der Waals surface area contributed by atoms with E-state index in [1.165, 1.54) is 83.5 Å². The zero-order valence-corrected chi connectivity index (χ0v) is 39.2. The Labute approximate surface area is 418 Å². The van der Waals surface area contributed by atoms with Crippen molar-refractivity contribution in [3.05, 3.63) is 305 Å². The van der Waals surface area contributed by atoms with Crippen molar-refractivity contribution in [2.45, 2.75) is 10.8 Å². The molecule has 0 unspecified atom stereocenters.